The summed E-state index contributed by atoms with van der Waals surface area (Å²) in [6, 6.07) is 10.6. The van der Waals surface area contributed by atoms with E-state index in [9.17, 15) is 28.4 Å². The maximum atomic E-state index is 12.3. The van der Waals surface area contributed by atoms with Gasteiger partial charge in [0.25, 0.3) is 5.69 Å². The topological polar surface area (TPSA) is 127 Å². The molecule has 0 aliphatic carbocycles. The van der Waals surface area contributed by atoms with E-state index in [1.54, 1.807) is 18.2 Å². The lowest BCUT2D eigenvalue weighted by molar-refractivity contribution is -0.385. The van der Waals surface area contributed by atoms with Gasteiger partial charge in [-0.25, -0.2) is 8.42 Å². The normalized spacial score (nSPS) is 12.5. The summed E-state index contributed by atoms with van der Waals surface area (Å²) in [6.07, 6.45) is 0. The molecule has 0 saturated carbocycles. The quantitative estimate of drug-likeness (QED) is 0.610. The molecule has 0 spiro atoms. The number of sulfonamides is 1. The summed E-state index contributed by atoms with van der Waals surface area (Å²) in [5, 5.41) is 20.0. The molecular weight excluding hydrogens is 324 g/mol. The van der Waals surface area contributed by atoms with Crippen LogP contribution in [0.25, 0.3) is 0 Å². The first kappa shape index (κ1) is 16.6. The number of hydrogen-bond acceptors (Lipinski definition) is 5. The molecule has 9 heteroatoms. The second-order valence-electron chi connectivity index (χ2n) is 4.56. The molecule has 0 saturated heterocycles. The lowest BCUT2D eigenvalue weighted by Crippen LogP contribution is -2.33. The number of nitro groups is 1. The van der Waals surface area contributed by atoms with Crippen LogP contribution in [0.1, 0.15) is 11.6 Å². The number of carboxylic acid groups (broad SMARTS) is 1. The fraction of sp³-hybridized carbons (Fsp3) is 0.0714. The van der Waals surface area contributed by atoms with Crippen LogP contribution in [0.2, 0.25) is 0 Å². The molecular formula is C14H12N2O6S. The largest absolute Gasteiger partial charge is 0.480 e. The van der Waals surface area contributed by atoms with E-state index in [1.165, 1.54) is 18.2 Å². The molecule has 2 rings (SSSR count). The fourth-order valence-corrected chi connectivity index (χ4v) is 3.11. The molecule has 1 unspecified atom stereocenters. The van der Waals surface area contributed by atoms with Crippen molar-refractivity contribution in [2.75, 3.05) is 0 Å². The van der Waals surface area contributed by atoms with E-state index < -0.39 is 32.6 Å². The molecule has 120 valence electrons. The van der Waals surface area contributed by atoms with Crippen molar-refractivity contribution < 1.29 is 23.2 Å². The van der Waals surface area contributed by atoms with E-state index in [1.807, 2.05) is 4.72 Å². The molecule has 0 fully saturated rings. The molecule has 1 atom stereocenters. The lowest BCUT2D eigenvalue weighted by atomic mass is 10.1. The molecule has 0 bridgehead atoms. The average Bonchev–Trinajstić information content (AvgIpc) is 2.53. The van der Waals surface area contributed by atoms with E-state index in [0.717, 1.165) is 18.2 Å². The number of carbonyl (C=O) groups is 1. The van der Waals surface area contributed by atoms with Crippen molar-refractivity contribution in [1.82, 2.24) is 4.72 Å². The summed E-state index contributed by atoms with van der Waals surface area (Å²) >= 11 is 0. The van der Waals surface area contributed by atoms with Gasteiger partial charge in [0.05, 0.1) is 9.82 Å². The maximum Gasteiger partial charge on any atom is 0.326 e. The van der Waals surface area contributed by atoms with Gasteiger partial charge < -0.3 is 5.11 Å². The van der Waals surface area contributed by atoms with Crippen LogP contribution in [0.15, 0.2) is 59.5 Å². The Labute approximate surface area is 131 Å². The highest BCUT2D eigenvalue weighted by Gasteiger charge is 2.27. The average molecular weight is 336 g/mol. The Morgan fingerprint density at radius 1 is 1.13 bits per heavy atom. The summed E-state index contributed by atoms with van der Waals surface area (Å²) < 4.78 is 26.6. The third-order valence-corrected chi connectivity index (χ3v) is 4.41. The molecule has 8 nitrogen and oxygen atoms in total. The smallest absolute Gasteiger partial charge is 0.326 e. The highest BCUT2D eigenvalue weighted by atomic mass is 32.2. The first-order valence-electron chi connectivity index (χ1n) is 6.36. The Hall–Kier alpha value is -2.78. The van der Waals surface area contributed by atoms with Gasteiger partial charge in [-0.15, -0.1) is 0 Å². The fourth-order valence-electron chi connectivity index (χ4n) is 1.89. The van der Waals surface area contributed by atoms with Crippen molar-refractivity contribution in [3.05, 3.63) is 70.3 Å². The van der Waals surface area contributed by atoms with Crippen molar-refractivity contribution in [3.63, 3.8) is 0 Å². The van der Waals surface area contributed by atoms with Crippen LogP contribution >= 0.6 is 0 Å². The van der Waals surface area contributed by atoms with Crippen molar-refractivity contribution in [2.24, 2.45) is 0 Å². The second kappa shape index (κ2) is 6.55. The van der Waals surface area contributed by atoms with Gasteiger partial charge in [0.2, 0.25) is 10.0 Å². The van der Waals surface area contributed by atoms with Gasteiger partial charge in [-0.1, -0.05) is 36.4 Å². The number of nitrogens with zero attached hydrogens (tertiary/aromatic N) is 1. The van der Waals surface area contributed by atoms with Gasteiger partial charge in [-0.3, -0.25) is 14.9 Å². The van der Waals surface area contributed by atoms with E-state index in [2.05, 4.69) is 0 Å². The van der Waals surface area contributed by atoms with Crippen LogP contribution in [-0.4, -0.2) is 24.4 Å². The zero-order chi connectivity index (χ0) is 17.0. The van der Waals surface area contributed by atoms with Crippen molar-refractivity contribution >= 4 is 21.7 Å². The number of nitro benzene ring substituents is 1. The number of hydrogen-bond donors (Lipinski definition) is 2. The van der Waals surface area contributed by atoms with Crippen LogP contribution in [0.5, 0.6) is 0 Å². The Morgan fingerprint density at radius 2 is 1.78 bits per heavy atom. The zero-order valence-electron chi connectivity index (χ0n) is 11.6. The van der Waals surface area contributed by atoms with Crippen LogP contribution < -0.4 is 4.72 Å². The van der Waals surface area contributed by atoms with Gasteiger partial charge >= 0.3 is 5.97 Å². The van der Waals surface area contributed by atoms with Gasteiger partial charge in [-0.2, -0.15) is 4.72 Å². The van der Waals surface area contributed by atoms with E-state index >= 15 is 0 Å². The molecule has 23 heavy (non-hydrogen) atoms. The predicted octanol–water partition coefficient (Wildman–Crippen LogP) is 1.70. The standard InChI is InChI=1S/C14H12N2O6S/c17-14(18)13(10-5-2-1-3-6-10)15-23(21,22)12-8-4-7-11(9-12)16(19)20/h1-9,13,15H,(H,17,18). The molecule has 0 aliphatic heterocycles. The predicted molar refractivity (Wildman–Crippen MR) is 80.2 cm³/mol. The Kier molecular flexibility index (Phi) is 4.72. The molecule has 2 N–H and O–H groups in total. The number of nitrogens with one attached hydrogen (secondary N) is 1. The minimum absolute atomic E-state index is 0.244. The summed E-state index contributed by atoms with van der Waals surface area (Å²) in [5.41, 5.74) is -0.159. The van der Waals surface area contributed by atoms with Crippen molar-refractivity contribution in [3.8, 4) is 0 Å². The first-order valence-corrected chi connectivity index (χ1v) is 7.84. The highest BCUT2D eigenvalue weighted by Crippen LogP contribution is 2.20. The highest BCUT2D eigenvalue weighted by molar-refractivity contribution is 7.89. The van der Waals surface area contributed by atoms with Gasteiger partial charge in [0.1, 0.15) is 6.04 Å². The molecule has 0 aliphatic rings. The molecule has 0 radical (unpaired) electrons. The summed E-state index contributed by atoms with van der Waals surface area (Å²) in [7, 11) is -4.24. The molecule has 0 amide bonds. The third-order valence-electron chi connectivity index (χ3n) is 2.99. The van der Waals surface area contributed by atoms with Gasteiger partial charge in [-0.05, 0) is 11.6 Å². The van der Waals surface area contributed by atoms with Gasteiger partial charge in [0, 0.05) is 12.1 Å². The Bertz CT molecular complexity index is 835. The third kappa shape index (κ3) is 3.90. The first-order chi connectivity index (χ1) is 10.8. The summed E-state index contributed by atoms with van der Waals surface area (Å²) in [6.45, 7) is 0. The molecule has 0 heterocycles. The monoisotopic (exact) mass is 336 g/mol. The Balaban J connectivity index is 2.37. The number of non-ortho nitro benzene ring substituents is 1. The molecule has 2 aromatic carbocycles. The van der Waals surface area contributed by atoms with Crippen molar-refractivity contribution in [1.29, 1.82) is 0 Å². The Morgan fingerprint density at radius 3 is 2.35 bits per heavy atom. The van der Waals surface area contributed by atoms with E-state index in [-0.39, 0.29) is 10.5 Å². The maximum absolute atomic E-state index is 12.3. The molecule has 2 aromatic rings. The van der Waals surface area contributed by atoms with E-state index in [0.29, 0.717) is 0 Å². The van der Waals surface area contributed by atoms with Crippen molar-refractivity contribution in [2.45, 2.75) is 10.9 Å². The van der Waals surface area contributed by atoms with Crippen LogP contribution in [0, 0.1) is 10.1 Å². The van der Waals surface area contributed by atoms with E-state index in [4.69, 9.17) is 0 Å². The van der Waals surface area contributed by atoms with Crippen LogP contribution in [-0.2, 0) is 14.8 Å². The zero-order valence-corrected chi connectivity index (χ0v) is 12.4. The summed E-state index contributed by atoms with van der Waals surface area (Å²) in [5.74, 6) is -1.38. The minimum Gasteiger partial charge on any atom is -0.480 e. The lowest BCUT2D eigenvalue weighted by Gasteiger charge is -2.15. The number of carboxylic acids is 1. The SMILES string of the molecule is O=C(O)C(NS(=O)(=O)c1cccc([N+](=O)[O-])c1)c1ccccc1. The summed E-state index contributed by atoms with van der Waals surface area (Å²) in [4.78, 5) is 21.0. The van der Waals surface area contributed by atoms with Crippen LogP contribution in [0.3, 0.4) is 0 Å². The molecule has 0 aromatic heterocycles. The minimum atomic E-state index is -4.24. The van der Waals surface area contributed by atoms with Crippen LogP contribution in [0.4, 0.5) is 5.69 Å². The number of benzene rings is 2. The van der Waals surface area contributed by atoms with Gasteiger partial charge in [0.15, 0.2) is 0 Å². The number of rotatable bonds is 6. The second-order valence-corrected chi connectivity index (χ2v) is 6.27. The number of aliphatic carboxylic acids is 1.